The van der Waals surface area contributed by atoms with Gasteiger partial charge >= 0.3 is 18.2 Å². The van der Waals surface area contributed by atoms with Crippen LogP contribution in [0.3, 0.4) is 0 Å². The Bertz CT molecular complexity index is 1410. The Morgan fingerprint density at radius 1 is 1.14 bits per heavy atom. The summed E-state index contributed by atoms with van der Waals surface area (Å²) in [7, 11) is 3.24. The first-order chi connectivity index (χ1) is 19.8. The molecule has 1 saturated carbocycles. The SMILES string of the molecule is CNC(=O)Nc1ccc2c(c1)N(C)CCC21NC(=O)N(CC(=O)N(Cc2ccc(F)cc2)[C@@H](C2CC2)C(F)(F)F)C1=O. The molecule has 2 heterocycles. The lowest BCUT2D eigenvalue weighted by molar-refractivity contribution is -0.196. The second kappa shape index (κ2) is 10.8. The minimum atomic E-state index is -4.75. The molecule has 5 rings (SSSR count). The van der Waals surface area contributed by atoms with Crippen LogP contribution in [-0.2, 0) is 21.7 Å². The average Bonchev–Trinajstić information content (AvgIpc) is 3.74. The third-order valence-corrected chi connectivity index (χ3v) is 7.97. The van der Waals surface area contributed by atoms with E-state index in [1.807, 2.05) is 4.90 Å². The minimum absolute atomic E-state index is 0.153. The monoisotopic (exact) mass is 590 g/mol. The molecule has 1 unspecified atom stereocenters. The van der Waals surface area contributed by atoms with Crippen LogP contribution in [-0.4, -0.2) is 73.1 Å². The lowest BCUT2D eigenvalue weighted by Gasteiger charge is -2.39. The van der Waals surface area contributed by atoms with Crippen molar-refractivity contribution in [2.24, 2.45) is 5.92 Å². The van der Waals surface area contributed by atoms with E-state index in [0.29, 0.717) is 33.3 Å². The van der Waals surface area contributed by atoms with Crippen LogP contribution in [0.4, 0.5) is 38.5 Å². The Balaban J connectivity index is 1.43. The predicted octanol–water partition coefficient (Wildman–Crippen LogP) is 3.53. The summed E-state index contributed by atoms with van der Waals surface area (Å²) >= 11 is 0. The molecule has 2 aromatic carbocycles. The number of halogens is 4. The maximum Gasteiger partial charge on any atom is 0.409 e. The van der Waals surface area contributed by atoms with Crippen molar-refractivity contribution in [1.29, 1.82) is 0 Å². The summed E-state index contributed by atoms with van der Waals surface area (Å²) in [6, 6.07) is 6.11. The van der Waals surface area contributed by atoms with E-state index < -0.39 is 66.5 Å². The van der Waals surface area contributed by atoms with E-state index in [9.17, 15) is 36.7 Å². The van der Waals surface area contributed by atoms with Gasteiger partial charge in [0.05, 0.1) is 0 Å². The molecular weight excluding hydrogens is 560 g/mol. The summed E-state index contributed by atoms with van der Waals surface area (Å²) in [5.74, 6) is -3.18. The Hall–Kier alpha value is -4.36. The van der Waals surface area contributed by atoms with Crippen molar-refractivity contribution >= 4 is 35.3 Å². The molecule has 14 heteroatoms. The zero-order valence-corrected chi connectivity index (χ0v) is 22.9. The van der Waals surface area contributed by atoms with Gasteiger partial charge in [-0.25, -0.2) is 14.0 Å². The van der Waals surface area contributed by atoms with Crippen molar-refractivity contribution in [3.05, 3.63) is 59.4 Å². The maximum absolute atomic E-state index is 14.2. The lowest BCUT2D eigenvalue weighted by Crippen LogP contribution is -2.53. The molecule has 6 amide bonds. The van der Waals surface area contributed by atoms with Crippen LogP contribution in [0.5, 0.6) is 0 Å². The quantitative estimate of drug-likeness (QED) is 0.337. The summed E-state index contributed by atoms with van der Waals surface area (Å²) in [5.41, 5.74) is 0.170. The molecule has 2 aliphatic heterocycles. The molecular formula is C28H30F4N6O4. The molecule has 1 spiro atoms. The van der Waals surface area contributed by atoms with Gasteiger partial charge in [-0.2, -0.15) is 13.2 Å². The fraction of sp³-hybridized carbons (Fsp3) is 0.429. The third-order valence-electron chi connectivity index (χ3n) is 7.97. The highest BCUT2D eigenvalue weighted by Gasteiger charge is 2.57. The van der Waals surface area contributed by atoms with Crippen molar-refractivity contribution in [3.63, 3.8) is 0 Å². The first-order valence-corrected chi connectivity index (χ1v) is 13.4. The number of carbonyl (C=O) groups is 4. The second-order valence-electron chi connectivity index (χ2n) is 10.8. The number of rotatable bonds is 7. The molecule has 0 radical (unpaired) electrons. The summed E-state index contributed by atoms with van der Waals surface area (Å²) < 4.78 is 56.1. The average molecular weight is 591 g/mol. The number of nitrogens with one attached hydrogen (secondary N) is 3. The number of fused-ring (bicyclic) bond motifs is 2. The molecule has 3 N–H and O–H groups in total. The van der Waals surface area contributed by atoms with Crippen molar-refractivity contribution in [1.82, 2.24) is 20.4 Å². The number of amides is 6. The molecule has 2 aromatic rings. The van der Waals surface area contributed by atoms with E-state index in [0.717, 1.165) is 12.1 Å². The highest BCUT2D eigenvalue weighted by Crippen LogP contribution is 2.45. The molecule has 3 aliphatic rings. The van der Waals surface area contributed by atoms with Crippen molar-refractivity contribution in [2.45, 2.75) is 43.6 Å². The third kappa shape index (κ3) is 5.44. The number of imide groups is 1. The Kier molecular flexibility index (Phi) is 7.50. The highest BCUT2D eigenvalue weighted by molar-refractivity contribution is 6.10. The number of nitrogens with zero attached hydrogens (tertiary/aromatic N) is 3. The zero-order valence-electron chi connectivity index (χ0n) is 22.9. The van der Waals surface area contributed by atoms with Gasteiger partial charge in [0.15, 0.2) is 5.54 Å². The van der Waals surface area contributed by atoms with E-state index in [-0.39, 0.29) is 24.8 Å². The summed E-state index contributed by atoms with van der Waals surface area (Å²) in [6.45, 7) is -1.03. The van der Waals surface area contributed by atoms with Crippen LogP contribution in [0.1, 0.15) is 30.4 Å². The summed E-state index contributed by atoms with van der Waals surface area (Å²) in [4.78, 5) is 55.5. The molecule has 2 fully saturated rings. The normalized spacial score (nSPS) is 20.7. The Morgan fingerprint density at radius 3 is 2.45 bits per heavy atom. The molecule has 0 aromatic heterocycles. The van der Waals surface area contributed by atoms with Gasteiger partial charge in [-0.1, -0.05) is 18.2 Å². The van der Waals surface area contributed by atoms with Crippen LogP contribution in [0.15, 0.2) is 42.5 Å². The topological polar surface area (TPSA) is 114 Å². The number of anilines is 2. The van der Waals surface area contributed by atoms with Gasteiger partial charge in [0.25, 0.3) is 5.91 Å². The fourth-order valence-corrected chi connectivity index (χ4v) is 5.66. The van der Waals surface area contributed by atoms with Crippen LogP contribution in [0.25, 0.3) is 0 Å². The molecule has 1 aliphatic carbocycles. The van der Waals surface area contributed by atoms with E-state index in [1.165, 1.54) is 19.2 Å². The number of hydrogen-bond acceptors (Lipinski definition) is 5. The first kappa shape index (κ1) is 29.1. The van der Waals surface area contributed by atoms with E-state index >= 15 is 0 Å². The van der Waals surface area contributed by atoms with E-state index in [1.54, 1.807) is 25.2 Å². The molecule has 10 nitrogen and oxygen atoms in total. The van der Waals surface area contributed by atoms with Crippen LogP contribution in [0.2, 0.25) is 0 Å². The zero-order chi connectivity index (χ0) is 30.4. The molecule has 224 valence electrons. The van der Waals surface area contributed by atoms with Gasteiger partial charge in [-0.15, -0.1) is 0 Å². The van der Waals surface area contributed by atoms with Crippen LogP contribution >= 0.6 is 0 Å². The smallest absolute Gasteiger partial charge is 0.374 e. The maximum atomic E-state index is 14.2. The van der Waals surface area contributed by atoms with Crippen LogP contribution in [0, 0.1) is 11.7 Å². The largest absolute Gasteiger partial charge is 0.409 e. The Labute approximate surface area is 239 Å². The minimum Gasteiger partial charge on any atom is -0.374 e. The van der Waals surface area contributed by atoms with Gasteiger partial charge in [0.1, 0.15) is 18.4 Å². The van der Waals surface area contributed by atoms with Gasteiger partial charge in [-0.3, -0.25) is 14.5 Å². The van der Waals surface area contributed by atoms with Crippen LogP contribution < -0.4 is 20.9 Å². The number of benzene rings is 2. The number of carbonyl (C=O) groups excluding carboxylic acids is 4. The predicted molar refractivity (Wildman–Crippen MR) is 144 cm³/mol. The van der Waals surface area contributed by atoms with Crippen molar-refractivity contribution < 1.29 is 36.7 Å². The molecule has 2 atom stereocenters. The van der Waals surface area contributed by atoms with E-state index in [2.05, 4.69) is 16.0 Å². The summed E-state index contributed by atoms with van der Waals surface area (Å²) in [5, 5.41) is 7.78. The van der Waals surface area contributed by atoms with Gasteiger partial charge in [0.2, 0.25) is 5.91 Å². The molecule has 0 bridgehead atoms. The number of hydrogen-bond donors (Lipinski definition) is 3. The molecule has 1 saturated heterocycles. The Morgan fingerprint density at radius 2 is 1.83 bits per heavy atom. The number of alkyl halides is 3. The second-order valence-corrected chi connectivity index (χ2v) is 10.8. The van der Waals surface area contributed by atoms with Gasteiger partial charge in [0, 0.05) is 50.5 Å². The standard InChI is InChI=1S/C28H30F4N6O4/c1-33-25(41)34-19-9-10-20-21(13-19)36(2)12-11-27(20)24(40)38(26(42)35-27)15-22(39)37(14-16-3-7-18(29)8-4-16)23(17-5-6-17)28(30,31)32/h3-4,7-10,13,17,23H,5-6,11-12,14-15H2,1-2H3,(H,35,42)(H2,33,34,41)/t23-,27?/m0/s1. The lowest BCUT2D eigenvalue weighted by atomic mass is 9.82. The van der Waals surface area contributed by atoms with Crippen molar-refractivity contribution in [3.8, 4) is 0 Å². The first-order valence-electron chi connectivity index (χ1n) is 13.4. The summed E-state index contributed by atoms with van der Waals surface area (Å²) in [6.07, 6.45) is -4.03. The van der Waals surface area contributed by atoms with E-state index in [4.69, 9.17) is 0 Å². The van der Waals surface area contributed by atoms with Gasteiger partial charge < -0.3 is 25.8 Å². The van der Waals surface area contributed by atoms with Crippen molar-refractivity contribution in [2.75, 3.05) is 37.4 Å². The molecule has 42 heavy (non-hydrogen) atoms. The van der Waals surface area contributed by atoms with Gasteiger partial charge in [-0.05, 0) is 48.6 Å². The fourth-order valence-electron chi connectivity index (χ4n) is 5.66. The number of urea groups is 2. The highest BCUT2D eigenvalue weighted by atomic mass is 19.4.